The summed E-state index contributed by atoms with van der Waals surface area (Å²) in [5.41, 5.74) is 1.62. The molecule has 1 atom stereocenters. The van der Waals surface area contributed by atoms with Crippen molar-refractivity contribution < 1.29 is 14.6 Å². The zero-order chi connectivity index (χ0) is 17.8. The van der Waals surface area contributed by atoms with Crippen LogP contribution in [0.3, 0.4) is 0 Å². The second-order valence-electron chi connectivity index (χ2n) is 8.26. The van der Waals surface area contributed by atoms with Crippen molar-refractivity contribution in [3.05, 3.63) is 35.4 Å². The van der Waals surface area contributed by atoms with Crippen LogP contribution in [0, 0.1) is 18.3 Å². The van der Waals surface area contributed by atoms with Crippen LogP contribution in [-0.2, 0) is 11.2 Å². The van der Waals surface area contributed by atoms with E-state index in [1.54, 1.807) is 0 Å². The standard InChI is InChI=1S/C20H31NO3/c1-15-7-5-6-8-17(15)12-20(14-22,11-16-9-10-16)13-21-18(23)24-19(2,3)4/h5-8,16,22H,9-14H2,1-4H3,(H,21,23). The minimum Gasteiger partial charge on any atom is -0.444 e. The molecule has 0 aromatic heterocycles. The van der Waals surface area contributed by atoms with E-state index in [-0.39, 0.29) is 12.0 Å². The number of aliphatic hydroxyl groups is 1. The number of ether oxygens (including phenoxy) is 1. The molecule has 1 aromatic rings. The van der Waals surface area contributed by atoms with E-state index in [1.807, 2.05) is 32.9 Å². The summed E-state index contributed by atoms with van der Waals surface area (Å²) in [7, 11) is 0. The quantitative estimate of drug-likeness (QED) is 0.797. The van der Waals surface area contributed by atoms with Gasteiger partial charge in [-0.2, -0.15) is 0 Å². The van der Waals surface area contributed by atoms with E-state index < -0.39 is 11.7 Å². The van der Waals surface area contributed by atoms with E-state index in [9.17, 15) is 9.90 Å². The van der Waals surface area contributed by atoms with Gasteiger partial charge in [-0.25, -0.2) is 4.79 Å². The lowest BCUT2D eigenvalue weighted by Gasteiger charge is -2.33. The molecule has 1 saturated carbocycles. The van der Waals surface area contributed by atoms with E-state index in [0.717, 1.165) is 12.8 Å². The number of hydrogen-bond acceptors (Lipinski definition) is 3. The fourth-order valence-electron chi connectivity index (χ4n) is 3.10. The third-order valence-corrected chi connectivity index (χ3v) is 4.59. The van der Waals surface area contributed by atoms with Crippen molar-refractivity contribution in [3.63, 3.8) is 0 Å². The summed E-state index contributed by atoms with van der Waals surface area (Å²) in [6, 6.07) is 8.26. The number of carbonyl (C=O) groups is 1. The molecule has 1 aliphatic rings. The first-order chi connectivity index (χ1) is 11.2. The van der Waals surface area contributed by atoms with E-state index in [4.69, 9.17) is 4.74 Å². The highest BCUT2D eigenvalue weighted by molar-refractivity contribution is 5.67. The lowest BCUT2D eigenvalue weighted by molar-refractivity contribution is 0.0449. The van der Waals surface area contributed by atoms with Crippen LogP contribution in [0.1, 0.15) is 51.2 Å². The van der Waals surface area contributed by atoms with Gasteiger partial charge in [-0.3, -0.25) is 0 Å². The first-order valence-electron chi connectivity index (χ1n) is 8.85. The Balaban J connectivity index is 2.08. The van der Waals surface area contributed by atoms with Gasteiger partial charge in [-0.05, 0) is 57.6 Å². The summed E-state index contributed by atoms with van der Waals surface area (Å²) >= 11 is 0. The van der Waals surface area contributed by atoms with Gasteiger partial charge in [0, 0.05) is 12.0 Å². The molecule has 1 fully saturated rings. The third-order valence-electron chi connectivity index (χ3n) is 4.59. The summed E-state index contributed by atoms with van der Waals surface area (Å²) in [6.07, 6.45) is 3.74. The summed E-state index contributed by atoms with van der Waals surface area (Å²) < 4.78 is 5.34. The predicted octanol–water partition coefficient (Wildman–Crippen LogP) is 3.84. The number of benzene rings is 1. The molecule has 0 saturated heterocycles. The minimum atomic E-state index is -0.515. The van der Waals surface area contributed by atoms with Crippen LogP contribution >= 0.6 is 0 Å². The molecule has 4 nitrogen and oxygen atoms in total. The van der Waals surface area contributed by atoms with Crippen molar-refractivity contribution in [2.24, 2.45) is 11.3 Å². The van der Waals surface area contributed by atoms with E-state index in [2.05, 4.69) is 24.4 Å². The van der Waals surface area contributed by atoms with Gasteiger partial charge in [0.15, 0.2) is 0 Å². The Morgan fingerprint density at radius 2 is 1.96 bits per heavy atom. The van der Waals surface area contributed by atoms with E-state index >= 15 is 0 Å². The van der Waals surface area contributed by atoms with Crippen LogP contribution in [0.2, 0.25) is 0 Å². The Labute approximate surface area is 145 Å². The largest absolute Gasteiger partial charge is 0.444 e. The fraction of sp³-hybridized carbons (Fsp3) is 0.650. The van der Waals surface area contributed by atoms with Crippen LogP contribution in [0.5, 0.6) is 0 Å². The van der Waals surface area contributed by atoms with E-state index in [1.165, 1.54) is 24.0 Å². The average molecular weight is 333 g/mol. The van der Waals surface area contributed by atoms with Crippen LogP contribution in [0.25, 0.3) is 0 Å². The van der Waals surface area contributed by atoms with Crippen LogP contribution in [0.15, 0.2) is 24.3 Å². The number of amides is 1. The normalized spacial score (nSPS) is 17.2. The topological polar surface area (TPSA) is 58.6 Å². The number of nitrogens with one attached hydrogen (secondary N) is 1. The van der Waals surface area contributed by atoms with Gasteiger partial charge in [-0.15, -0.1) is 0 Å². The fourth-order valence-corrected chi connectivity index (χ4v) is 3.10. The second kappa shape index (κ2) is 7.56. The van der Waals surface area contributed by atoms with Crippen molar-refractivity contribution in [1.82, 2.24) is 5.32 Å². The first-order valence-corrected chi connectivity index (χ1v) is 8.85. The number of aliphatic hydroxyl groups excluding tert-OH is 1. The van der Waals surface area contributed by atoms with Gasteiger partial charge in [0.25, 0.3) is 0 Å². The van der Waals surface area contributed by atoms with Crippen molar-refractivity contribution in [2.45, 2.75) is 59.0 Å². The number of rotatable bonds is 7. The van der Waals surface area contributed by atoms with E-state index in [0.29, 0.717) is 12.5 Å². The van der Waals surface area contributed by atoms with Gasteiger partial charge in [0.05, 0.1) is 6.61 Å². The summed E-state index contributed by atoms with van der Waals surface area (Å²) in [4.78, 5) is 12.0. The monoisotopic (exact) mass is 333 g/mol. The predicted molar refractivity (Wildman–Crippen MR) is 96.0 cm³/mol. The smallest absolute Gasteiger partial charge is 0.407 e. The molecule has 0 bridgehead atoms. The molecule has 1 unspecified atom stereocenters. The number of alkyl carbamates (subject to hydrolysis) is 1. The van der Waals surface area contributed by atoms with Gasteiger partial charge < -0.3 is 15.2 Å². The Morgan fingerprint density at radius 1 is 1.29 bits per heavy atom. The third kappa shape index (κ3) is 5.82. The molecule has 0 aliphatic heterocycles. The lowest BCUT2D eigenvalue weighted by Crippen LogP contribution is -2.44. The molecule has 4 heteroatoms. The molecule has 1 amide bonds. The van der Waals surface area contributed by atoms with Crippen LogP contribution in [0.4, 0.5) is 4.79 Å². The SMILES string of the molecule is Cc1ccccc1CC(CO)(CNC(=O)OC(C)(C)C)CC1CC1. The van der Waals surface area contributed by atoms with Crippen molar-refractivity contribution in [3.8, 4) is 0 Å². The summed E-state index contributed by atoms with van der Waals surface area (Å²) in [5.74, 6) is 0.668. The van der Waals surface area contributed by atoms with Crippen molar-refractivity contribution in [1.29, 1.82) is 0 Å². The van der Waals surface area contributed by atoms with Crippen LogP contribution in [-0.4, -0.2) is 30.0 Å². The van der Waals surface area contributed by atoms with Gasteiger partial charge in [0.2, 0.25) is 0 Å². The Bertz CT molecular complexity index is 560. The molecule has 24 heavy (non-hydrogen) atoms. The number of carbonyl (C=O) groups excluding carboxylic acids is 1. The Hall–Kier alpha value is -1.55. The lowest BCUT2D eigenvalue weighted by atomic mass is 9.77. The number of aryl methyl sites for hydroxylation is 1. The molecule has 2 rings (SSSR count). The molecule has 0 spiro atoms. The molecule has 0 heterocycles. The zero-order valence-electron chi connectivity index (χ0n) is 15.4. The molecular formula is C20H31NO3. The highest BCUT2D eigenvalue weighted by Crippen LogP contribution is 2.42. The second-order valence-corrected chi connectivity index (χ2v) is 8.26. The van der Waals surface area contributed by atoms with Gasteiger partial charge in [0.1, 0.15) is 5.60 Å². The molecule has 2 N–H and O–H groups in total. The average Bonchev–Trinajstić information content (AvgIpc) is 3.29. The Kier molecular flexibility index (Phi) is 5.92. The Morgan fingerprint density at radius 3 is 2.50 bits per heavy atom. The molecule has 0 radical (unpaired) electrons. The highest BCUT2D eigenvalue weighted by Gasteiger charge is 2.37. The van der Waals surface area contributed by atoms with Crippen molar-refractivity contribution in [2.75, 3.05) is 13.2 Å². The first kappa shape index (κ1) is 18.8. The van der Waals surface area contributed by atoms with Crippen molar-refractivity contribution >= 4 is 6.09 Å². The summed E-state index contributed by atoms with van der Waals surface area (Å²) in [5, 5.41) is 13.0. The minimum absolute atomic E-state index is 0.0631. The molecule has 1 aliphatic carbocycles. The maximum Gasteiger partial charge on any atom is 0.407 e. The number of hydrogen-bond donors (Lipinski definition) is 2. The molecular weight excluding hydrogens is 302 g/mol. The molecule has 1 aromatic carbocycles. The maximum absolute atomic E-state index is 12.0. The zero-order valence-corrected chi connectivity index (χ0v) is 15.4. The molecule has 134 valence electrons. The van der Waals surface area contributed by atoms with Crippen LogP contribution < -0.4 is 5.32 Å². The maximum atomic E-state index is 12.0. The highest BCUT2D eigenvalue weighted by atomic mass is 16.6. The van der Waals surface area contributed by atoms with Gasteiger partial charge >= 0.3 is 6.09 Å². The summed E-state index contributed by atoms with van der Waals surface area (Å²) in [6.45, 7) is 8.14. The van der Waals surface area contributed by atoms with Gasteiger partial charge in [-0.1, -0.05) is 37.1 Å².